The van der Waals surface area contributed by atoms with Gasteiger partial charge >= 0.3 is 0 Å². The van der Waals surface area contributed by atoms with Gasteiger partial charge in [-0.05, 0) is 42.0 Å². The van der Waals surface area contributed by atoms with Gasteiger partial charge in [0.2, 0.25) is 0 Å². The standard InChI is InChI=1S/C26H27NO3S/c28-26(25-14-8-7-13-23(25)16-15-21-9-3-1-4-10-21)27(19-22-11-5-2-6-12-22)24-17-18-31(29,30)20-24/h1-14,24H,15-20H2/t24-/m1/s1. The molecular formula is C26H27NO3S. The van der Waals surface area contributed by atoms with E-state index in [1.807, 2.05) is 72.8 Å². The van der Waals surface area contributed by atoms with E-state index in [0.717, 1.165) is 24.0 Å². The van der Waals surface area contributed by atoms with Crippen LogP contribution >= 0.6 is 0 Å². The number of amides is 1. The third-order valence-electron chi connectivity index (χ3n) is 5.88. The fraction of sp³-hybridized carbons (Fsp3) is 0.269. The van der Waals surface area contributed by atoms with Crippen molar-refractivity contribution in [3.05, 3.63) is 107 Å². The minimum Gasteiger partial charge on any atom is -0.330 e. The fourth-order valence-corrected chi connectivity index (χ4v) is 5.92. The van der Waals surface area contributed by atoms with E-state index in [4.69, 9.17) is 0 Å². The Bertz CT molecular complexity index is 1130. The number of hydrogen-bond acceptors (Lipinski definition) is 3. The summed E-state index contributed by atoms with van der Waals surface area (Å²) < 4.78 is 24.3. The molecule has 4 nitrogen and oxygen atoms in total. The molecule has 0 unspecified atom stereocenters. The van der Waals surface area contributed by atoms with Crippen LogP contribution in [0.2, 0.25) is 0 Å². The second kappa shape index (κ2) is 9.48. The van der Waals surface area contributed by atoms with Gasteiger partial charge in [0.1, 0.15) is 0 Å². The van der Waals surface area contributed by atoms with Gasteiger partial charge in [0.25, 0.3) is 5.91 Å². The zero-order valence-corrected chi connectivity index (χ0v) is 18.3. The number of aryl methyl sites for hydroxylation is 2. The third kappa shape index (κ3) is 5.42. The van der Waals surface area contributed by atoms with Crippen LogP contribution in [-0.4, -0.2) is 36.8 Å². The molecule has 1 aliphatic heterocycles. The van der Waals surface area contributed by atoms with Crippen molar-refractivity contribution in [1.29, 1.82) is 0 Å². The molecule has 3 aromatic carbocycles. The van der Waals surface area contributed by atoms with Crippen molar-refractivity contribution < 1.29 is 13.2 Å². The Hall–Kier alpha value is -2.92. The van der Waals surface area contributed by atoms with E-state index in [1.165, 1.54) is 5.56 Å². The second-order valence-corrected chi connectivity index (χ2v) is 10.3. The molecule has 3 aromatic rings. The van der Waals surface area contributed by atoms with Gasteiger partial charge in [-0.15, -0.1) is 0 Å². The first-order chi connectivity index (χ1) is 15.0. The number of nitrogens with zero attached hydrogens (tertiary/aromatic N) is 1. The molecule has 1 fully saturated rings. The summed E-state index contributed by atoms with van der Waals surface area (Å²) in [5.41, 5.74) is 3.89. The first-order valence-electron chi connectivity index (χ1n) is 10.7. The van der Waals surface area contributed by atoms with Crippen LogP contribution in [0.25, 0.3) is 0 Å². The molecule has 0 aliphatic carbocycles. The van der Waals surface area contributed by atoms with Gasteiger partial charge in [-0.2, -0.15) is 0 Å². The molecule has 4 rings (SSSR count). The largest absolute Gasteiger partial charge is 0.330 e. The molecule has 0 N–H and O–H groups in total. The topological polar surface area (TPSA) is 54.5 Å². The van der Waals surface area contributed by atoms with Gasteiger partial charge in [0, 0.05) is 18.2 Å². The normalized spacial score (nSPS) is 17.4. The van der Waals surface area contributed by atoms with Crippen molar-refractivity contribution in [2.24, 2.45) is 0 Å². The first-order valence-corrected chi connectivity index (χ1v) is 12.5. The summed E-state index contributed by atoms with van der Waals surface area (Å²) in [5, 5.41) is 0. The Kier molecular flexibility index (Phi) is 6.52. The Labute approximate surface area is 184 Å². The summed E-state index contributed by atoms with van der Waals surface area (Å²) in [6.45, 7) is 0.410. The van der Waals surface area contributed by atoms with E-state index in [-0.39, 0.29) is 23.5 Å². The van der Waals surface area contributed by atoms with Crippen molar-refractivity contribution in [3.63, 3.8) is 0 Å². The van der Waals surface area contributed by atoms with E-state index in [9.17, 15) is 13.2 Å². The van der Waals surface area contributed by atoms with Crippen LogP contribution in [0.3, 0.4) is 0 Å². The lowest BCUT2D eigenvalue weighted by Gasteiger charge is -2.29. The highest BCUT2D eigenvalue weighted by Gasteiger charge is 2.35. The first kappa shape index (κ1) is 21.3. The highest BCUT2D eigenvalue weighted by Crippen LogP contribution is 2.24. The fourth-order valence-electron chi connectivity index (χ4n) is 4.19. The van der Waals surface area contributed by atoms with Crippen LogP contribution in [0.15, 0.2) is 84.9 Å². The molecule has 1 amide bonds. The van der Waals surface area contributed by atoms with Crippen molar-refractivity contribution >= 4 is 15.7 Å². The van der Waals surface area contributed by atoms with Gasteiger partial charge in [0.05, 0.1) is 11.5 Å². The lowest BCUT2D eigenvalue weighted by atomic mass is 9.98. The Morgan fingerprint density at radius 1 is 0.806 bits per heavy atom. The van der Waals surface area contributed by atoms with Gasteiger partial charge < -0.3 is 4.90 Å². The minimum atomic E-state index is -3.10. The summed E-state index contributed by atoms with van der Waals surface area (Å²) in [5.74, 6) is 0.0959. The second-order valence-electron chi connectivity index (χ2n) is 8.12. The van der Waals surface area contributed by atoms with E-state index in [1.54, 1.807) is 4.90 Å². The third-order valence-corrected chi connectivity index (χ3v) is 7.63. The van der Waals surface area contributed by atoms with E-state index >= 15 is 0 Å². The van der Waals surface area contributed by atoms with Crippen LogP contribution in [0.5, 0.6) is 0 Å². The molecule has 5 heteroatoms. The predicted molar refractivity (Wildman–Crippen MR) is 124 cm³/mol. The lowest BCUT2D eigenvalue weighted by molar-refractivity contribution is 0.0680. The summed E-state index contributed by atoms with van der Waals surface area (Å²) in [4.78, 5) is 15.5. The molecule has 1 aliphatic rings. The Balaban J connectivity index is 1.60. The monoisotopic (exact) mass is 433 g/mol. The van der Waals surface area contributed by atoms with E-state index in [2.05, 4.69) is 12.1 Å². The van der Waals surface area contributed by atoms with Crippen molar-refractivity contribution in [2.45, 2.75) is 31.8 Å². The molecule has 31 heavy (non-hydrogen) atoms. The van der Waals surface area contributed by atoms with E-state index in [0.29, 0.717) is 18.5 Å². The number of carbonyl (C=O) groups is 1. The smallest absolute Gasteiger partial charge is 0.254 e. The summed E-state index contributed by atoms with van der Waals surface area (Å²) >= 11 is 0. The SMILES string of the molecule is O=C(c1ccccc1CCc1ccccc1)N(Cc1ccccc1)[C@@H]1CCS(=O)(=O)C1. The molecule has 0 radical (unpaired) electrons. The van der Waals surface area contributed by atoms with Crippen LogP contribution < -0.4 is 0 Å². The van der Waals surface area contributed by atoms with Gasteiger partial charge in [0.15, 0.2) is 9.84 Å². The van der Waals surface area contributed by atoms with Gasteiger partial charge in [-0.3, -0.25) is 4.79 Å². The molecular weight excluding hydrogens is 406 g/mol. The maximum absolute atomic E-state index is 13.7. The molecule has 1 saturated heterocycles. The Morgan fingerprint density at radius 2 is 1.42 bits per heavy atom. The van der Waals surface area contributed by atoms with Crippen LogP contribution in [0, 0.1) is 0 Å². The van der Waals surface area contributed by atoms with E-state index < -0.39 is 9.84 Å². The predicted octanol–water partition coefficient (Wildman–Crippen LogP) is 4.30. The molecule has 1 atom stereocenters. The van der Waals surface area contributed by atoms with Crippen molar-refractivity contribution in [1.82, 2.24) is 4.90 Å². The molecule has 0 saturated carbocycles. The molecule has 160 valence electrons. The highest BCUT2D eigenvalue weighted by molar-refractivity contribution is 7.91. The number of rotatable bonds is 7. The molecule has 0 aromatic heterocycles. The van der Waals surface area contributed by atoms with Gasteiger partial charge in [-0.1, -0.05) is 78.9 Å². The Morgan fingerprint density at radius 3 is 2.06 bits per heavy atom. The number of hydrogen-bond donors (Lipinski definition) is 0. The highest BCUT2D eigenvalue weighted by atomic mass is 32.2. The molecule has 1 heterocycles. The maximum Gasteiger partial charge on any atom is 0.254 e. The summed E-state index contributed by atoms with van der Waals surface area (Å²) in [6.07, 6.45) is 2.10. The number of benzene rings is 3. The minimum absolute atomic E-state index is 0.0394. The summed E-state index contributed by atoms with van der Waals surface area (Å²) in [7, 11) is -3.10. The zero-order chi connectivity index (χ0) is 21.7. The van der Waals surface area contributed by atoms with Crippen molar-refractivity contribution in [2.75, 3.05) is 11.5 Å². The summed E-state index contributed by atoms with van der Waals surface area (Å²) in [6, 6.07) is 27.4. The zero-order valence-electron chi connectivity index (χ0n) is 17.5. The lowest BCUT2D eigenvalue weighted by Crippen LogP contribution is -2.41. The van der Waals surface area contributed by atoms with Crippen LogP contribution in [-0.2, 0) is 29.2 Å². The van der Waals surface area contributed by atoms with Crippen molar-refractivity contribution in [3.8, 4) is 0 Å². The number of carbonyl (C=O) groups excluding carboxylic acids is 1. The molecule has 0 spiro atoms. The quantitative estimate of drug-likeness (QED) is 0.558. The van der Waals surface area contributed by atoms with Gasteiger partial charge in [-0.25, -0.2) is 8.42 Å². The molecule has 0 bridgehead atoms. The average molecular weight is 434 g/mol. The average Bonchev–Trinajstić information content (AvgIpc) is 3.16. The van der Waals surface area contributed by atoms with Crippen LogP contribution in [0.4, 0.5) is 0 Å². The van der Waals surface area contributed by atoms with Crippen LogP contribution in [0.1, 0.15) is 33.5 Å². The maximum atomic E-state index is 13.7. The number of sulfone groups is 1.